The normalized spacial score (nSPS) is 12.0. The molecule has 0 saturated carbocycles. The van der Waals surface area contributed by atoms with Crippen molar-refractivity contribution in [1.29, 1.82) is 0 Å². The molecule has 0 radical (unpaired) electrons. The van der Waals surface area contributed by atoms with Crippen molar-refractivity contribution in [3.05, 3.63) is 59.5 Å². The largest absolute Gasteiger partial charge is 0.490 e. The van der Waals surface area contributed by atoms with Crippen LogP contribution >= 0.6 is 0 Å². The third-order valence-corrected chi connectivity index (χ3v) is 2.74. The highest BCUT2D eigenvalue weighted by atomic mass is 19.4. The van der Waals surface area contributed by atoms with Crippen LogP contribution in [0, 0.1) is 0 Å². The van der Waals surface area contributed by atoms with Crippen LogP contribution in [0.2, 0.25) is 0 Å². The van der Waals surface area contributed by atoms with Gasteiger partial charge in [-0.3, -0.25) is 0 Å². The molecule has 0 fully saturated rings. The number of carbonyl (C=O) groups is 2. The number of carboxylic acid groups (broad SMARTS) is 2. The van der Waals surface area contributed by atoms with Crippen LogP contribution in [-0.4, -0.2) is 28.3 Å². The third kappa shape index (κ3) is 6.13. The van der Waals surface area contributed by atoms with Crippen LogP contribution in [0.25, 0.3) is 0 Å². The van der Waals surface area contributed by atoms with E-state index in [2.05, 4.69) is 0 Å². The Labute approximate surface area is 134 Å². The number of alkyl halides is 3. The summed E-state index contributed by atoms with van der Waals surface area (Å²) in [6.07, 6.45) is -4.46. The van der Waals surface area contributed by atoms with E-state index in [1.54, 1.807) is 6.07 Å². The molecule has 0 aliphatic rings. The second-order valence-corrected chi connectivity index (χ2v) is 4.61. The number of carboxylic acids is 2. The Balaban J connectivity index is 0.000000351. The number of halogens is 3. The Bertz CT molecular complexity index is 682. The van der Waals surface area contributed by atoms with Crippen molar-refractivity contribution in [3.63, 3.8) is 0 Å². The first-order valence-corrected chi connectivity index (χ1v) is 6.54. The highest BCUT2D eigenvalue weighted by molar-refractivity contribution is 5.84. The molecule has 0 unspecified atom stereocenters. The van der Waals surface area contributed by atoms with Gasteiger partial charge in [-0.1, -0.05) is 30.3 Å². The zero-order valence-electron chi connectivity index (χ0n) is 12.2. The van der Waals surface area contributed by atoms with Gasteiger partial charge in [0.2, 0.25) is 5.76 Å². The van der Waals surface area contributed by atoms with Crippen LogP contribution in [0.3, 0.4) is 0 Å². The van der Waals surface area contributed by atoms with Crippen LogP contribution < -0.4 is 5.73 Å². The van der Waals surface area contributed by atoms with Crippen molar-refractivity contribution in [1.82, 2.24) is 0 Å². The summed E-state index contributed by atoms with van der Waals surface area (Å²) in [5.41, 5.74) is 7.04. The standard InChI is InChI=1S/C13H13NO3.C2HF3O2/c14-10(8-9-4-2-1-3-5-9)11-6-7-12(17-11)13(15)16;3-2(4,5)1(6)7/h1-7,10H,8,14H2,(H,15,16);(H,6,7)/t10-;/m0./s1. The Morgan fingerprint density at radius 1 is 1.08 bits per heavy atom. The zero-order chi connectivity index (χ0) is 18.3. The van der Waals surface area contributed by atoms with Crippen LogP contribution in [0.15, 0.2) is 46.9 Å². The molecule has 2 aromatic rings. The minimum absolute atomic E-state index is 0.0801. The molecular weight excluding hydrogens is 331 g/mol. The van der Waals surface area contributed by atoms with Crippen molar-refractivity contribution in [2.45, 2.75) is 18.6 Å². The summed E-state index contributed by atoms with van der Waals surface area (Å²) in [5.74, 6) is -3.43. The predicted octanol–water partition coefficient (Wildman–Crippen LogP) is 2.85. The lowest BCUT2D eigenvalue weighted by atomic mass is 10.1. The summed E-state index contributed by atoms with van der Waals surface area (Å²) >= 11 is 0. The van der Waals surface area contributed by atoms with Gasteiger partial charge in [-0.05, 0) is 24.1 Å². The maximum absolute atomic E-state index is 10.7. The molecule has 24 heavy (non-hydrogen) atoms. The van der Waals surface area contributed by atoms with Crippen molar-refractivity contribution in [2.75, 3.05) is 0 Å². The average Bonchev–Trinajstić information content (AvgIpc) is 2.98. The fourth-order valence-electron chi connectivity index (χ4n) is 1.64. The number of aliphatic carboxylic acids is 1. The first-order chi connectivity index (χ1) is 11.1. The molecular formula is C15H14F3NO5. The molecule has 0 saturated heterocycles. The molecule has 0 spiro atoms. The zero-order valence-corrected chi connectivity index (χ0v) is 12.2. The van der Waals surface area contributed by atoms with Crippen LogP contribution in [0.5, 0.6) is 0 Å². The van der Waals surface area contributed by atoms with Crippen molar-refractivity contribution < 1.29 is 37.4 Å². The fourth-order valence-corrected chi connectivity index (χ4v) is 1.64. The van der Waals surface area contributed by atoms with Gasteiger partial charge in [-0.15, -0.1) is 0 Å². The minimum atomic E-state index is -5.08. The van der Waals surface area contributed by atoms with Crippen LogP contribution in [-0.2, 0) is 11.2 Å². The molecule has 6 nitrogen and oxygen atoms in total. The number of aromatic carboxylic acids is 1. The lowest BCUT2D eigenvalue weighted by molar-refractivity contribution is -0.192. The first kappa shape index (κ1) is 19.2. The molecule has 0 aliphatic heterocycles. The number of furan rings is 1. The molecule has 1 heterocycles. The van der Waals surface area contributed by atoms with E-state index >= 15 is 0 Å². The molecule has 1 aromatic carbocycles. The van der Waals surface area contributed by atoms with Crippen LogP contribution in [0.4, 0.5) is 13.2 Å². The molecule has 0 amide bonds. The van der Waals surface area contributed by atoms with Crippen LogP contribution in [0.1, 0.15) is 27.9 Å². The molecule has 0 bridgehead atoms. The Morgan fingerprint density at radius 3 is 2.04 bits per heavy atom. The van der Waals surface area contributed by atoms with E-state index in [4.69, 9.17) is 25.2 Å². The third-order valence-electron chi connectivity index (χ3n) is 2.74. The first-order valence-electron chi connectivity index (χ1n) is 6.54. The minimum Gasteiger partial charge on any atom is -0.475 e. The maximum Gasteiger partial charge on any atom is 0.490 e. The lowest BCUT2D eigenvalue weighted by Crippen LogP contribution is -2.21. The maximum atomic E-state index is 10.7. The summed E-state index contributed by atoms with van der Waals surface area (Å²) in [6, 6.07) is 12.5. The summed E-state index contributed by atoms with van der Waals surface area (Å²) < 4.78 is 36.9. The summed E-state index contributed by atoms with van der Waals surface area (Å²) in [6.45, 7) is 0. The number of benzene rings is 1. The Morgan fingerprint density at radius 2 is 1.62 bits per heavy atom. The van der Waals surface area contributed by atoms with Crippen molar-refractivity contribution in [2.24, 2.45) is 5.73 Å². The quantitative estimate of drug-likeness (QED) is 0.785. The van der Waals surface area contributed by atoms with Gasteiger partial charge in [0, 0.05) is 0 Å². The smallest absolute Gasteiger partial charge is 0.475 e. The van der Waals surface area contributed by atoms with Gasteiger partial charge in [-0.2, -0.15) is 13.2 Å². The Hall–Kier alpha value is -2.81. The van der Waals surface area contributed by atoms with E-state index in [-0.39, 0.29) is 11.8 Å². The van der Waals surface area contributed by atoms with Crippen molar-refractivity contribution >= 4 is 11.9 Å². The van der Waals surface area contributed by atoms with E-state index in [0.29, 0.717) is 12.2 Å². The van der Waals surface area contributed by atoms with Gasteiger partial charge in [0.25, 0.3) is 0 Å². The molecule has 1 aromatic heterocycles. The molecule has 2 rings (SSSR count). The topological polar surface area (TPSA) is 114 Å². The van der Waals surface area contributed by atoms with E-state index in [1.807, 2.05) is 30.3 Å². The Kier molecular flexibility index (Phi) is 6.54. The number of hydrogen-bond acceptors (Lipinski definition) is 4. The predicted molar refractivity (Wildman–Crippen MR) is 76.4 cm³/mol. The van der Waals surface area contributed by atoms with E-state index in [1.165, 1.54) is 6.07 Å². The summed E-state index contributed by atoms with van der Waals surface area (Å²) in [5, 5.41) is 15.9. The van der Waals surface area contributed by atoms with E-state index in [0.717, 1.165) is 5.56 Å². The van der Waals surface area contributed by atoms with Gasteiger partial charge in [0.05, 0.1) is 6.04 Å². The number of hydrogen-bond donors (Lipinski definition) is 3. The molecule has 9 heteroatoms. The van der Waals surface area contributed by atoms with Gasteiger partial charge < -0.3 is 20.4 Å². The summed E-state index contributed by atoms with van der Waals surface area (Å²) in [4.78, 5) is 19.6. The molecule has 0 aliphatic carbocycles. The highest BCUT2D eigenvalue weighted by Gasteiger charge is 2.38. The lowest BCUT2D eigenvalue weighted by Gasteiger charge is -2.08. The van der Waals surface area contributed by atoms with Gasteiger partial charge >= 0.3 is 18.1 Å². The summed E-state index contributed by atoms with van der Waals surface area (Å²) in [7, 11) is 0. The SMILES string of the molecule is N[C@@H](Cc1ccccc1)c1ccc(C(=O)O)o1.O=C(O)C(F)(F)F. The highest BCUT2D eigenvalue weighted by Crippen LogP contribution is 2.18. The van der Waals surface area contributed by atoms with Gasteiger partial charge in [-0.25, -0.2) is 9.59 Å². The fraction of sp³-hybridized carbons (Fsp3) is 0.200. The van der Waals surface area contributed by atoms with Gasteiger partial charge in [0.15, 0.2) is 0 Å². The van der Waals surface area contributed by atoms with Gasteiger partial charge in [0.1, 0.15) is 5.76 Å². The van der Waals surface area contributed by atoms with E-state index in [9.17, 15) is 18.0 Å². The monoisotopic (exact) mass is 345 g/mol. The molecule has 1 atom stereocenters. The average molecular weight is 345 g/mol. The second kappa shape index (κ2) is 8.16. The van der Waals surface area contributed by atoms with Crippen molar-refractivity contribution in [3.8, 4) is 0 Å². The molecule has 130 valence electrons. The molecule has 4 N–H and O–H groups in total. The second-order valence-electron chi connectivity index (χ2n) is 4.61. The number of rotatable bonds is 4. The number of nitrogens with two attached hydrogens (primary N) is 1. The van der Waals surface area contributed by atoms with E-state index < -0.39 is 18.1 Å².